The van der Waals surface area contributed by atoms with Crippen LogP contribution in [0.3, 0.4) is 0 Å². The van der Waals surface area contributed by atoms with Crippen molar-refractivity contribution >= 4 is 33.7 Å². The van der Waals surface area contributed by atoms with Gasteiger partial charge in [0.25, 0.3) is 0 Å². The number of hydrogen-bond acceptors (Lipinski definition) is 2. The third-order valence-electron chi connectivity index (χ3n) is 4.45. The van der Waals surface area contributed by atoms with Gasteiger partial charge in [0.1, 0.15) is 0 Å². The molecule has 0 saturated heterocycles. The first-order valence-corrected chi connectivity index (χ1v) is 5.35. The Morgan fingerprint density at radius 2 is 1.14 bits per heavy atom. The van der Waals surface area contributed by atoms with Gasteiger partial charge in [-0.15, -0.1) is 0 Å². The molecule has 1 saturated carbocycles. The maximum atomic E-state index is 11.3. The van der Waals surface area contributed by atoms with E-state index in [1.807, 2.05) is 13.8 Å². The smallest absolute Gasteiger partial charge is 0.228 e. The highest BCUT2D eigenvalue weighted by atomic mass is 35.5. The van der Waals surface area contributed by atoms with Crippen LogP contribution >= 0.6 is 23.2 Å². The average molecular weight is 237 g/mol. The summed E-state index contributed by atoms with van der Waals surface area (Å²) in [5.74, 6) is -0.222. The quantitative estimate of drug-likeness (QED) is 0.692. The van der Waals surface area contributed by atoms with E-state index in [2.05, 4.69) is 0 Å². The van der Waals surface area contributed by atoms with Crippen molar-refractivity contribution in [3.8, 4) is 0 Å². The third-order valence-corrected chi connectivity index (χ3v) is 5.26. The van der Waals surface area contributed by atoms with E-state index in [-0.39, 0.29) is 22.3 Å². The maximum Gasteiger partial charge on any atom is 0.228 e. The van der Waals surface area contributed by atoms with Crippen molar-refractivity contribution in [2.75, 3.05) is 0 Å². The molecule has 80 valence electrons. The van der Waals surface area contributed by atoms with Gasteiger partial charge in [-0.1, -0.05) is 27.7 Å². The molecule has 0 aromatic heterocycles. The van der Waals surface area contributed by atoms with Gasteiger partial charge in [-0.2, -0.15) is 0 Å². The minimum Gasteiger partial charge on any atom is -0.281 e. The lowest BCUT2D eigenvalue weighted by atomic mass is 9.42. The van der Waals surface area contributed by atoms with Crippen LogP contribution in [0.5, 0.6) is 0 Å². The zero-order chi connectivity index (χ0) is 11.3. The lowest BCUT2D eigenvalue weighted by molar-refractivity contribution is -0.177. The van der Waals surface area contributed by atoms with Crippen LogP contribution in [0.1, 0.15) is 27.7 Å². The van der Waals surface area contributed by atoms with Crippen molar-refractivity contribution in [2.45, 2.75) is 27.7 Å². The van der Waals surface area contributed by atoms with Gasteiger partial charge in [-0.05, 0) is 35.0 Å². The minimum absolute atomic E-state index is 0.111. The summed E-state index contributed by atoms with van der Waals surface area (Å²) in [5.41, 5.74) is -1.25. The maximum absolute atomic E-state index is 11.3. The van der Waals surface area contributed by atoms with Crippen LogP contribution in [0.15, 0.2) is 0 Å². The van der Waals surface area contributed by atoms with E-state index in [1.54, 1.807) is 13.8 Å². The predicted octanol–water partition coefficient (Wildman–Crippen LogP) is 2.82. The fourth-order valence-electron chi connectivity index (χ4n) is 2.58. The summed E-state index contributed by atoms with van der Waals surface area (Å²) < 4.78 is 0. The minimum atomic E-state index is -0.624. The van der Waals surface area contributed by atoms with Crippen LogP contribution in [0.4, 0.5) is 0 Å². The number of carbonyl (C=O) groups is 2. The van der Waals surface area contributed by atoms with Crippen LogP contribution in [-0.2, 0) is 9.59 Å². The summed E-state index contributed by atoms with van der Waals surface area (Å²) in [6, 6.07) is 0. The summed E-state index contributed by atoms with van der Waals surface area (Å²) in [6.45, 7) is 7.28. The highest BCUT2D eigenvalue weighted by Gasteiger charge is 2.67. The van der Waals surface area contributed by atoms with Gasteiger partial charge in [-0.3, -0.25) is 9.59 Å². The van der Waals surface area contributed by atoms with Crippen LogP contribution in [-0.4, -0.2) is 10.5 Å². The van der Waals surface area contributed by atoms with Crippen molar-refractivity contribution < 1.29 is 9.59 Å². The first kappa shape index (κ1) is 12.0. The van der Waals surface area contributed by atoms with Crippen LogP contribution in [0.2, 0.25) is 0 Å². The Kier molecular flexibility index (Phi) is 2.75. The zero-order valence-corrected chi connectivity index (χ0v) is 10.2. The van der Waals surface area contributed by atoms with Gasteiger partial charge in [0, 0.05) is 10.8 Å². The van der Waals surface area contributed by atoms with Gasteiger partial charge in [0.05, 0.1) is 0 Å². The Hall–Kier alpha value is -0.0800. The summed E-state index contributed by atoms with van der Waals surface area (Å²) in [6.07, 6.45) is 0. The molecule has 0 radical (unpaired) electrons. The summed E-state index contributed by atoms with van der Waals surface area (Å²) >= 11 is 11.1. The molecule has 1 aliphatic rings. The molecular formula is C10H14Cl2O2. The monoisotopic (exact) mass is 236 g/mol. The second kappa shape index (κ2) is 3.21. The fraction of sp³-hybridized carbons (Fsp3) is 0.800. The Labute approximate surface area is 93.9 Å². The lowest BCUT2D eigenvalue weighted by Crippen LogP contribution is -2.64. The van der Waals surface area contributed by atoms with Gasteiger partial charge >= 0.3 is 0 Å². The summed E-state index contributed by atoms with van der Waals surface area (Å²) in [5, 5.41) is -0.763. The second-order valence-corrected chi connectivity index (χ2v) is 5.24. The van der Waals surface area contributed by atoms with E-state index in [1.165, 1.54) is 0 Å². The molecule has 14 heavy (non-hydrogen) atoms. The van der Waals surface area contributed by atoms with E-state index < -0.39 is 10.8 Å². The Morgan fingerprint density at radius 3 is 1.29 bits per heavy atom. The first-order valence-electron chi connectivity index (χ1n) is 4.60. The largest absolute Gasteiger partial charge is 0.281 e. The standard InChI is InChI=1S/C10H14Cl2O2/c1-5-9(3,7(11)13)6(2)10(5,4)8(12)14/h5-6H,1-4H3. The molecule has 2 nitrogen and oxygen atoms in total. The molecule has 0 heterocycles. The Morgan fingerprint density at radius 1 is 0.929 bits per heavy atom. The lowest BCUT2D eigenvalue weighted by Gasteiger charge is -2.61. The molecule has 1 aliphatic carbocycles. The molecule has 0 aromatic carbocycles. The number of hydrogen-bond donors (Lipinski definition) is 0. The molecule has 0 atom stereocenters. The van der Waals surface area contributed by atoms with E-state index in [4.69, 9.17) is 23.2 Å². The van der Waals surface area contributed by atoms with E-state index in [0.717, 1.165) is 0 Å². The van der Waals surface area contributed by atoms with Crippen molar-refractivity contribution in [3.63, 3.8) is 0 Å². The van der Waals surface area contributed by atoms with E-state index >= 15 is 0 Å². The van der Waals surface area contributed by atoms with Crippen LogP contribution in [0, 0.1) is 22.7 Å². The second-order valence-electron chi connectivity index (χ2n) is 4.56. The molecule has 0 aliphatic heterocycles. The van der Waals surface area contributed by atoms with E-state index in [0.29, 0.717) is 0 Å². The van der Waals surface area contributed by atoms with Crippen molar-refractivity contribution in [3.05, 3.63) is 0 Å². The number of halogens is 2. The zero-order valence-electron chi connectivity index (χ0n) is 8.73. The molecule has 0 N–H and O–H groups in total. The number of carbonyl (C=O) groups excluding carboxylic acids is 2. The molecule has 0 aromatic rings. The third kappa shape index (κ3) is 1.10. The highest BCUT2D eigenvalue weighted by Crippen LogP contribution is 2.64. The molecule has 1 fully saturated rings. The molecule has 0 spiro atoms. The SMILES string of the molecule is CC1C(C)(C(=O)Cl)C(C)C1(C)C(=O)Cl. The van der Waals surface area contributed by atoms with Gasteiger partial charge in [0.15, 0.2) is 0 Å². The van der Waals surface area contributed by atoms with E-state index in [9.17, 15) is 9.59 Å². The molecular weight excluding hydrogens is 223 g/mol. The predicted molar refractivity (Wildman–Crippen MR) is 56.3 cm³/mol. The number of rotatable bonds is 2. The average Bonchev–Trinajstić information content (AvgIpc) is 2.12. The Bertz CT molecular complexity index is 260. The van der Waals surface area contributed by atoms with Crippen molar-refractivity contribution in [1.29, 1.82) is 0 Å². The van der Waals surface area contributed by atoms with Crippen molar-refractivity contribution in [1.82, 2.24) is 0 Å². The summed E-state index contributed by atoms with van der Waals surface area (Å²) in [4.78, 5) is 22.6. The molecule has 0 unspecified atom stereocenters. The molecule has 0 bridgehead atoms. The fourth-order valence-corrected chi connectivity index (χ4v) is 3.24. The van der Waals surface area contributed by atoms with Crippen LogP contribution in [0.25, 0.3) is 0 Å². The first-order chi connectivity index (χ1) is 6.20. The van der Waals surface area contributed by atoms with Crippen LogP contribution < -0.4 is 0 Å². The summed E-state index contributed by atoms with van der Waals surface area (Å²) in [7, 11) is 0. The normalized spacial score (nSPS) is 47.0. The Balaban J connectivity index is 3.07. The highest BCUT2D eigenvalue weighted by molar-refractivity contribution is 6.66. The van der Waals surface area contributed by atoms with Gasteiger partial charge < -0.3 is 0 Å². The topological polar surface area (TPSA) is 34.1 Å². The molecule has 4 heteroatoms. The molecule has 0 amide bonds. The molecule has 1 rings (SSSR count). The van der Waals surface area contributed by atoms with Gasteiger partial charge in [-0.25, -0.2) is 0 Å². The van der Waals surface area contributed by atoms with Gasteiger partial charge in [0.2, 0.25) is 10.5 Å². The van der Waals surface area contributed by atoms with Crippen molar-refractivity contribution in [2.24, 2.45) is 22.7 Å².